The van der Waals surface area contributed by atoms with Gasteiger partial charge in [0.2, 0.25) is 0 Å². The maximum Gasteiger partial charge on any atom is 0.258 e. The summed E-state index contributed by atoms with van der Waals surface area (Å²) < 4.78 is 5.69. The van der Waals surface area contributed by atoms with Gasteiger partial charge in [0.15, 0.2) is 0 Å². The number of para-hydroxylation sites is 1. The highest BCUT2D eigenvalue weighted by Gasteiger charge is 2.12. The Labute approximate surface area is 123 Å². The van der Waals surface area contributed by atoms with Crippen LogP contribution in [0, 0.1) is 0 Å². The Kier molecular flexibility index (Phi) is 4.62. The van der Waals surface area contributed by atoms with Crippen LogP contribution in [0.4, 0.5) is 0 Å². The molecular weight excluding hydrogens is 266 g/mol. The Morgan fingerprint density at radius 3 is 3.10 bits per heavy atom. The molecule has 1 aliphatic heterocycles. The molecule has 1 aromatic carbocycles. The van der Waals surface area contributed by atoms with E-state index < -0.39 is 0 Å². The van der Waals surface area contributed by atoms with Gasteiger partial charge in [0, 0.05) is 6.61 Å². The minimum atomic E-state index is -0.0759. The number of nitrogens with one attached hydrogen (secondary N) is 2. The SMILES string of the molecule is O=c1[nH]c(CNCCC2CCCCO2)nc2ccccc12. The third kappa shape index (κ3) is 3.68. The van der Waals surface area contributed by atoms with Gasteiger partial charge < -0.3 is 15.0 Å². The summed E-state index contributed by atoms with van der Waals surface area (Å²) in [6, 6.07) is 7.40. The normalized spacial score (nSPS) is 19.0. The van der Waals surface area contributed by atoms with E-state index in [1.54, 1.807) is 6.07 Å². The molecule has 2 heterocycles. The van der Waals surface area contributed by atoms with Gasteiger partial charge in [-0.3, -0.25) is 4.79 Å². The van der Waals surface area contributed by atoms with Crippen molar-refractivity contribution in [3.05, 3.63) is 40.4 Å². The van der Waals surface area contributed by atoms with Crippen molar-refractivity contribution in [1.29, 1.82) is 0 Å². The van der Waals surface area contributed by atoms with Crippen molar-refractivity contribution in [2.45, 2.75) is 38.3 Å². The Bertz CT molecular complexity index is 647. The zero-order valence-corrected chi connectivity index (χ0v) is 12.1. The van der Waals surface area contributed by atoms with Crippen LogP contribution in [0.3, 0.4) is 0 Å². The maximum atomic E-state index is 11.9. The Morgan fingerprint density at radius 1 is 1.33 bits per heavy atom. The molecule has 2 aromatic rings. The van der Waals surface area contributed by atoms with Gasteiger partial charge in [0.25, 0.3) is 5.56 Å². The quantitative estimate of drug-likeness (QED) is 0.825. The van der Waals surface area contributed by atoms with Crippen molar-refractivity contribution in [3.63, 3.8) is 0 Å². The van der Waals surface area contributed by atoms with Crippen molar-refractivity contribution < 1.29 is 4.74 Å². The minimum absolute atomic E-state index is 0.0759. The lowest BCUT2D eigenvalue weighted by Crippen LogP contribution is -2.26. The lowest BCUT2D eigenvalue weighted by Gasteiger charge is -2.22. The molecule has 1 aromatic heterocycles. The van der Waals surface area contributed by atoms with Crippen molar-refractivity contribution in [2.24, 2.45) is 0 Å². The summed E-state index contributed by atoms with van der Waals surface area (Å²) in [6.45, 7) is 2.35. The fourth-order valence-corrected chi connectivity index (χ4v) is 2.72. The van der Waals surface area contributed by atoms with Gasteiger partial charge in [0.05, 0.1) is 23.6 Å². The molecule has 1 aliphatic rings. The number of nitrogens with zero attached hydrogens (tertiary/aromatic N) is 1. The smallest absolute Gasteiger partial charge is 0.258 e. The molecular formula is C16H21N3O2. The summed E-state index contributed by atoms with van der Waals surface area (Å²) in [6.07, 6.45) is 5.01. The second kappa shape index (κ2) is 6.83. The molecule has 1 saturated heterocycles. The molecule has 5 heteroatoms. The zero-order valence-electron chi connectivity index (χ0n) is 12.1. The molecule has 0 saturated carbocycles. The monoisotopic (exact) mass is 287 g/mol. The van der Waals surface area contributed by atoms with Gasteiger partial charge in [0.1, 0.15) is 5.82 Å². The molecule has 1 unspecified atom stereocenters. The first-order valence-corrected chi connectivity index (χ1v) is 7.63. The van der Waals surface area contributed by atoms with Crippen LogP contribution in [0.25, 0.3) is 10.9 Å². The van der Waals surface area contributed by atoms with Crippen molar-refractivity contribution in [2.75, 3.05) is 13.2 Å². The molecule has 21 heavy (non-hydrogen) atoms. The number of aromatic nitrogens is 2. The third-order valence-electron chi connectivity index (χ3n) is 3.87. The summed E-state index contributed by atoms with van der Waals surface area (Å²) in [5.74, 6) is 0.684. The number of benzene rings is 1. The van der Waals surface area contributed by atoms with E-state index in [-0.39, 0.29) is 5.56 Å². The molecule has 0 amide bonds. The number of H-pyrrole nitrogens is 1. The van der Waals surface area contributed by atoms with Gasteiger partial charge in [-0.1, -0.05) is 12.1 Å². The zero-order chi connectivity index (χ0) is 14.5. The van der Waals surface area contributed by atoms with E-state index in [0.717, 1.165) is 31.5 Å². The van der Waals surface area contributed by atoms with E-state index in [9.17, 15) is 4.79 Å². The van der Waals surface area contributed by atoms with E-state index in [4.69, 9.17) is 4.74 Å². The predicted molar refractivity (Wildman–Crippen MR) is 82.3 cm³/mol. The second-order valence-electron chi connectivity index (χ2n) is 5.48. The highest BCUT2D eigenvalue weighted by Crippen LogP contribution is 2.14. The Morgan fingerprint density at radius 2 is 2.24 bits per heavy atom. The molecule has 0 spiro atoms. The van der Waals surface area contributed by atoms with E-state index in [1.165, 1.54) is 12.8 Å². The molecule has 112 valence electrons. The number of fused-ring (bicyclic) bond motifs is 1. The summed E-state index contributed by atoms with van der Waals surface area (Å²) in [5, 5.41) is 3.96. The van der Waals surface area contributed by atoms with Gasteiger partial charge >= 0.3 is 0 Å². The average molecular weight is 287 g/mol. The van der Waals surface area contributed by atoms with Gasteiger partial charge in [-0.25, -0.2) is 4.98 Å². The second-order valence-corrected chi connectivity index (χ2v) is 5.48. The van der Waals surface area contributed by atoms with Crippen LogP contribution in [0.5, 0.6) is 0 Å². The van der Waals surface area contributed by atoms with Gasteiger partial charge in [-0.15, -0.1) is 0 Å². The predicted octanol–water partition coefficient (Wildman–Crippen LogP) is 1.97. The molecule has 0 aliphatic carbocycles. The summed E-state index contributed by atoms with van der Waals surface area (Å²) in [4.78, 5) is 19.2. The number of hydrogen-bond acceptors (Lipinski definition) is 4. The summed E-state index contributed by atoms with van der Waals surface area (Å²) in [5.41, 5.74) is 0.668. The first kappa shape index (κ1) is 14.2. The third-order valence-corrected chi connectivity index (χ3v) is 3.87. The van der Waals surface area contributed by atoms with Crippen LogP contribution in [0.2, 0.25) is 0 Å². The fourth-order valence-electron chi connectivity index (χ4n) is 2.72. The number of hydrogen-bond donors (Lipinski definition) is 2. The van der Waals surface area contributed by atoms with Crippen LogP contribution in [-0.4, -0.2) is 29.2 Å². The first-order valence-electron chi connectivity index (χ1n) is 7.63. The van der Waals surface area contributed by atoms with Crippen LogP contribution >= 0.6 is 0 Å². The molecule has 1 atom stereocenters. The minimum Gasteiger partial charge on any atom is -0.378 e. The molecule has 5 nitrogen and oxygen atoms in total. The number of ether oxygens (including phenoxy) is 1. The Balaban J connectivity index is 1.54. The average Bonchev–Trinajstić information content (AvgIpc) is 2.53. The van der Waals surface area contributed by atoms with E-state index in [0.29, 0.717) is 23.9 Å². The molecule has 2 N–H and O–H groups in total. The van der Waals surface area contributed by atoms with Crippen LogP contribution in [0.1, 0.15) is 31.5 Å². The van der Waals surface area contributed by atoms with Gasteiger partial charge in [-0.2, -0.15) is 0 Å². The number of aromatic amines is 1. The highest BCUT2D eigenvalue weighted by molar-refractivity contribution is 5.77. The van der Waals surface area contributed by atoms with Gasteiger partial charge in [-0.05, 0) is 44.4 Å². The van der Waals surface area contributed by atoms with Crippen LogP contribution < -0.4 is 10.9 Å². The lowest BCUT2D eigenvalue weighted by atomic mass is 10.1. The number of rotatable bonds is 5. The largest absolute Gasteiger partial charge is 0.378 e. The first-order chi connectivity index (χ1) is 10.3. The summed E-state index contributed by atoms with van der Waals surface area (Å²) in [7, 11) is 0. The van der Waals surface area contributed by atoms with Crippen LogP contribution in [0.15, 0.2) is 29.1 Å². The molecule has 1 fully saturated rings. The maximum absolute atomic E-state index is 11.9. The van der Waals surface area contributed by atoms with Crippen molar-refractivity contribution in [1.82, 2.24) is 15.3 Å². The fraction of sp³-hybridized carbons (Fsp3) is 0.500. The molecule has 0 radical (unpaired) electrons. The highest BCUT2D eigenvalue weighted by atomic mass is 16.5. The standard InChI is InChI=1S/C16H21N3O2/c20-16-13-6-1-2-7-14(13)18-15(19-16)11-17-9-8-12-5-3-4-10-21-12/h1-2,6-7,12,17H,3-5,8-11H2,(H,18,19,20). The van der Waals surface area contributed by atoms with E-state index >= 15 is 0 Å². The van der Waals surface area contributed by atoms with Crippen LogP contribution in [-0.2, 0) is 11.3 Å². The lowest BCUT2D eigenvalue weighted by molar-refractivity contribution is 0.0115. The van der Waals surface area contributed by atoms with E-state index in [1.807, 2.05) is 18.2 Å². The Hall–Kier alpha value is -1.72. The van der Waals surface area contributed by atoms with E-state index in [2.05, 4.69) is 15.3 Å². The molecule has 3 rings (SSSR count). The summed E-state index contributed by atoms with van der Waals surface area (Å²) >= 11 is 0. The van der Waals surface area contributed by atoms with Crippen molar-refractivity contribution in [3.8, 4) is 0 Å². The topological polar surface area (TPSA) is 67.0 Å². The van der Waals surface area contributed by atoms with Crippen molar-refractivity contribution >= 4 is 10.9 Å². The molecule has 0 bridgehead atoms.